The third-order valence-electron chi connectivity index (χ3n) is 3.25. The van der Waals surface area contributed by atoms with Crippen molar-refractivity contribution in [1.29, 1.82) is 0 Å². The summed E-state index contributed by atoms with van der Waals surface area (Å²) in [6.07, 6.45) is 0.478. The van der Waals surface area contributed by atoms with Gasteiger partial charge in [0.05, 0.1) is 5.52 Å². The van der Waals surface area contributed by atoms with Crippen molar-refractivity contribution in [3.63, 3.8) is 0 Å². The molecule has 3 rings (SSSR count). The van der Waals surface area contributed by atoms with E-state index in [0.717, 1.165) is 5.69 Å². The number of nitrogens with one attached hydrogen (secondary N) is 1. The zero-order valence-electron chi connectivity index (χ0n) is 9.68. The number of hydrogen-bond acceptors (Lipinski definition) is 4. The van der Waals surface area contributed by atoms with Crippen LogP contribution in [0.4, 0.5) is 5.69 Å². The van der Waals surface area contributed by atoms with E-state index in [9.17, 15) is 9.59 Å². The Morgan fingerprint density at radius 2 is 2.28 bits per heavy atom. The highest BCUT2D eigenvalue weighted by Gasteiger charge is 2.29. The number of H-pyrrole nitrogens is 1. The second kappa shape index (κ2) is 3.99. The van der Waals surface area contributed by atoms with Gasteiger partial charge in [0, 0.05) is 24.7 Å². The molecule has 94 valence electrons. The molecule has 1 aromatic carbocycles. The van der Waals surface area contributed by atoms with Gasteiger partial charge in [-0.15, -0.1) is 0 Å². The molecule has 2 aromatic rings. The lowest BCUT2D eigenvalue weighted by molar-refractivity contribution is -0.117. The minimum absolute atomic E-state index is 0.0580. The van der Waals surface area contributed by atoms with E-state index in [1.165, 1.54) is 0 Å². The number of benzene rings is 1. The van der Waals surface area contributed by atoms with Crippen molar-refractivity contribution < 1.29 is 9.21 Å². The third kappa shape index (κ3) is 1.70. The van der Waals surface area contributed by atoms with Crippen LogP contribution in [0.1, 0.15) is 6.42 Å². The van der Waals surface area contributed by atoms with Crippen molar-refractivity contribution >= 4 is 22.7 Å². The number of aromatic nitrogens is 1. The molecule has 18 heavy (non-hydrogen) atoms. The first-order chi connectivity index (χ1) is 8.67. The first kappa shape index (κ1) is 11.0. The molecule has 0 bridgehead atoms. The first-order valence-electron chi connectivity index (χ1n) is 5.80. The van der Waals surface area contributed by atoms with Gasteiger partial charge in [0.25, 0.3) is 0 Å². The maximum Gasteiger partial charge on any atom is 0.417 e. The van der Waals surface area contributed by atoms with Gasteiger partial charge in [0.15, 0.2) is 5.58 Å². The van der Waals surface area contributed by atoms with E-state index in [4.69, 9.17) is 10.2 Å². The first-order valence-corrected chi connectivity index (χ1v) is 5.80. The van der Waals surface area contributed by atoms with Crippen LogP contribution in [0.25, 0.3) is 11.1 Å². The lowest BCUT2D eigenvalue weighted by atomic mass is 10.1. The number of nitrogens with two attached hydrogens (primary N) is 1. The molecule has 1 unspecified atom stereocenters. The van der Waals surface area contributed by atoms with Gasteiger partial charge in [-0.25, -0.2) is 4.79 Å². The fraction of sp³-hybridized carbons (Fsp3) is 0.333. The van der Waals surface area contributed by atoms with Crippen LogP contribution in [0.15, 0.2) is 27.4 Å². The molecule has 1 atom stereocenters. The van der Waals surface area contributed by atoms with Gasteiger partial charge in [-0.2, -0.15) is 0 Å². The van der Waals surface area contributed by atoms with Crippen molar-refractivity contribution in [3.8, 4) is 0 Å². The summed E-state index contributed by atoms with van der Waals surface area (Å²) in [5.74, 6) is -0.233. The number of amides is 1. The topological polar surface area (TPSA) is 92.3 Å². The number of anilines is 1. The van der Waals surface area contributed by atoms with Crippen LogP contribution in [0.3, 0.4) is 0 Å². The summed E-state index contributed by atoms with van der Waals surface area (Å²) in [6, 6.07) is 5.23. The molecule has 1 aliphatic rings. The number of fused-ring (bicyclic) bond motifs is 1. The molecule has 0 aliphatic carbocycles. The average Bonchev–Trinajstić information content (AvgIpc) is 2.89. The van der Waals surface area contributed by atoms with Gasteiger partial charge in [-0.05, 0) is 24.6 Å². The number of hydrogen-bond donors (Lipinski definition) is 2. The Bertz CT molecular complexity index is 658. The summed E-state index contributed by atoms with van der Waals surface area (Å²) in [6.45, 7) is 1.12. The standard InChI is InChI=1S/C12H13N3O3/c13-5-7-3-11(16)15(6-7)8-1-2-9-10(4-8)18-12(17)14-9/h1-2,4,7H,3,5-6,13H2,(H,14,17). The zero-order chi connectivity index (χ0) is 12.7. The lowest BCUT2D eigenvalue weighted by Gasteiger charge is -2.16. The average molecular weight is 247 g/mol. The molecule has 1 fully saturated rings. The van der Waals surface area contributed by atoms with Crippen molar-refractivity contribution in [2.24, 2.45) is 11.7 Å². The number of nitrogens with zero attached hydrogens (tertiary/aromatic N) is 1. The Labute approximate surface area is 102 Å². The minimum atomic E-state index is -0.491. The smallest absolute Gasteiger partial charge is 0.408 e. The monoisotopic (exact) mass is 247 g/mol. The fourth-order valence-electron chi connectivity index (χ4n) is 2.29. The summed E-state index contributed by atoms with van der Waals surface area (Å²) in [5, 5.41) is 0. The second-order valence-electron chi connectivity index (χ2n) is 4.51. The molecule has 1 aromatic heterocycles. The van der Waals surface area contributed by atoms with E-state index in [2.05, 4.69) is 4.98 Å². The molecule has 3 N–H and O–H groups in total. The predicted octanol–water partition coefficient (Wildman–Crippen LogP) is 0.433. The summed E-state index contributed by atoms with van der Waals surface area (Å²) >= 11 is 0. The highest BCUT2D eigenvalue weighted by atomic mass is 16.4. The van der Waals surface area contributed by atoms with Crippen molar-refractivity contribution in [1.82, 2.24) is 4.98 Å². The molecular formula is C12H13N3O3. The zero-order valence-corrected chi connectivity index (χ0v) is 9.68. The molecular weight excluding hydrogens is 234 g/mol. The van der Waals surface area contributed by atoms with Gasteiger partial charge in [-0.1, -0.05) is 0 Å². The molecule has 1 amide bonds. The quantitative estimate of drug-likeness (QED) is 0.805. The maximum atomic E-state index is 11.9. The Kier molecular flexibility index (Phi) is 2.45. The molecule has 1 saturated heterocycles. The van der Waals surface area contributed by atoms with Crippen LogP contribution in [-0.2, 0) is 4.79 Å². The van der Waals surface area contributed by atoms with Crippen molar-refractivity contribution in [3.05, 3.63) is 28.7 Å². The molecule has 0 radical (unpaired) electrons. The van der Waals surface area contributed by atoms with Crippen LogP contribution in [0, 0.1) is 5.92 Å². The molecule has 0 spiro atoms. The van der Waals surface area contributed by atoms with Crippen LogP contribution in [0.5, 0.6) is 0 Å². The van der Waals surface area contributed by atoms with Crippen LogP contribution in [-0.4, -0.2) is 24.0 Å². The largest absolute Gasteiger partial charge is 0.417 e. The van der Waals surface area contributed by atoms with E-state index in [-0.39, 0.29) is 11.8 Å². The summed E-state index contributed by atoms with van der Waals surface area (Å²) in [4.78, 5) is 27.2. The number of carbonyl (C=O) groups is 1. The van der Waals surface area contributed by atoms with Crippen molar-refractivity contribution in [2.75, 3.05) is 18.0 Å². The second-order valence-corrected chi connectivity index (χ2v) is 4.51. The highest BCUT2D eigenvalue weighted by molar-refractivity contribution is 5.97. The normalized spacial score (nSPS) is 19.9. The van der Waals surface area contributed by atoms with E-state index < -0.39 is 5.76 Å². The number of carbonyl (C=O) groups excluding carboxylic acids is 1. The van der Waals surface area contributed by atoms with Gasteiger partial charge < -0.3 is 15.1 Å². The van der Waals surface area contributed by atoms with E-state index in [1.54, 1.807) is 23.1 Å². The fourth-order valence-corrected chi connectivity index (χ4v) is 2.29. The van der Waals surface area contributed by atoms with Gasteiger partial charge >= 0.3 is 5.76 Å². The van der Waals surface area contributed by atoms with Crippen LogP contribution < -0.4 is 16.4 Å². The van der Waals surface area contributed by atoms with Crippen LogP contribution in [0.2, 0.25) is 0 Å². The van der Waals surface area contributed by atoms with Gasteiger partial charge in [0.1, 0.15) is 0 Å². The summed E-state index contributed by atoms with van der Waals surface area (Å²) < 4.78 is 4.98. The SMILES string of the molecule is NCC1CC(=O)N(c2ccc3[nH]c(=O)oc3c2)C1. The molecule has 6 nitrogen and oxygen atoms in total. The number of rotatable bonds is 2. The molecule has 1 aliphatic heterocycles. The Hall–Kier alpha value is -2.08. The number of oxazole rings is 1. The van der Waals surface area contributed by atoms with E-state index in [1.807, 2.05) is 0 Å². The minimum Gasteiger partial charge on any atom is -0.408 e. The van der Waals surface area contributed by atoms with E-state index >= 15 is 0 Å². The van der Waals surface area contributed by atoms with Gasteiger partial charge in [-0.3, -0.25) is 9.78 Å². The molecule has 6 heteroatoms. The molecule has 2 heterocycles. The van der Waals surface area contributed by atoms with Crippen molar-refractivity contribution in [2.45, 2.75) is 6.42 Å². The highest BCUT2D eigenvalue weighted by Crippen LogP contribution is 2.26. The Balaban J connectivity index is 1.99. The summed E-state index contributed by atoms with van der Waals surface area (Å²) in [5.41, 5.74) is 7.42. The maximum absolute atomic E-state index is 11.9. The van der Waals surface area contributed by atoms with Crippen LogP contribution >= 0.6 is 0 Å². The Morgan fingerprint density at radius 1 is 1.44 bits per heavy atom. The number of aromatic amines is 1. The Morgan fingerprint density at radius 3 is 3.00 bits per heavy atom. The summed E-state index contributed by atoms with van der Waals surface area (Å²) in [7, 11) is 0. The molecule has 0 saturated carbocycles. The third-order valence-corrected chi connectivity index (χ3v) is 3.25. The predicted molar refractivity (Wildman–Crippen MR) is 66.3 cm³/mol. The lowest BCUT2D eigenvalue weighted by Crippen LogP contribution is -2.25. The van der Waals surface area contributed by atoms with E-state index in [0.29, 0.717) is 30.6 Å². The van der Waals surface area contributed by atoms with Gasteiger partial charge in [0.2, 0.25) is 5.91 Å².